The van der Waals surface area contributed by atoms with Crippen molar-refractivity contribution in [3.63, 3.8) is 0 Å². The van der Waals surface area contributed by atoms with E-state index < -0.39 is 23.5 Å². The van der Waals surface area contributed by atoms with Crippen LogP contribution in [0.25, 0.3) is 0 Å². The molecule has 3 N–H and O–H groups in total. The van der Waals surface area contributed by atoms with Crippen molar-refractivity contribution in [3.8, 4) is 5.88 Å². The van der Waals surface area contributed by atoms with Gasteiger partial charge in [0.15, 0.2) is 0 Å². The molecule has 3 aromatic rings. The van der Waals surface area contributed by atoms with E-state index in [-0.39, 0.29) is 29.3 Å². The van der Waals surface area contributed by atoms with Crippen LogP contribution in [0, 0.1) is 6.92 Å². The quantitative estimate of drug-likeness (QED) is 0.296. The highest BCUT2D eigenvalue weighted by Crippen LogP contribution is 2.37. The van der Waals surface area contributed by atoms with Crippen LogP contribution in [-0.2, 0) is 22.3 Å². The molecule has 1 fully saturated rings. The molecule has 3 heterocycles. The molecule has 4 rings (SSSR count). The van der Waals surface area contributed by atoms with Crippen LogP contribution in [-0.4, -0.2) is 69.4 Å². The van der Waals surface area contributed by atoms with Crippen molar-refractivity contribution >= 4 is 40.6 Å². The van der Waals surface area contributed by atoms with E-state index in [9.17, 15) is 22.8 Å². The van der Waals surface area contributed by atoms with Crippen molar-refractivity contribution < 1.29 is 27.5 Å². The van der Waals surface area contributed by atoms with Gasteiger partial charge < -0.3 is 25.6 Å². The van der Waals surface area contributed by atoms with Gasteiger partial charge in [0.05, 0.1) is 24.2 Å². The molecule has 0 spiro atoms. The number of halogens is 3. The number of rotatable bonds is 9. The van der Waals surface area contributed by atoms with E-state index in [2.05, 4.69) is 42.4 Å². The number of methoxy groups -OCH3 is 1. The fourth-order valence-electron chi connectivity index (χ4n) is 4.58. The van der Waals surface area contributed by atoms with Gasteiger partial charge in [-0.05, 0) is 43.2 Å². The van der Waals surface area contributed by atoms with Gasteiger partial charge in [-0.25, -0.2) is 9.97 Å². The van der Waals surface area contributed by atoms with Gasteiger partial charge in [-0.2, -0.15) is 18.2 Å². The molecule has 1 atom stereocenters. The van der Waals surface area contributed by atoms with Crippen molar-refractivity contribution in [2.45, 2.75) is 39.5 Å². The van der Waals surface area contributed by atoms with E-state index in [1.165, 1.54) is 7.11 Å². The van der Waals surface area contributed by atoms with Gasteiger partial charge in [-0.1, -0.05) is 12.6 Å². The minimum atomic E-state index is -4.76. The molecule has 1 aromatic carbocycles. The van der Waals surface area contributed by atoms with E-state index >= 15 is 0 Å². The van der Waals surface area contributed by atoms with Gasteiger partial charge in [-0.3, -0.25) is 14.5 Å². The van der Waals surface area contributed by atoms with Crippen LogP contribution in [0.4, 0.5) is 42.0 Å². The van der Waals surface area contributed by atoms with E-state index in [1.54, 1.807) is 49.2 Å². The first-order valence-electron chi connectivity index (χ1n) is 13.4. The maximum absolute atomic E-state index is 14.0. The second-order valence-electron chi connectivity index (χ2n) is 10.1. The third kappa shape index (κ3) is 7.77. The Balaban J connectivity index is 1.65. The normalized spacial score (nSPS) is 15.5. The van der Waals surface area contributed by atoms with Crippen LogP contribution < -0.4 is 20.7 Å². The topological polar surface area (TPSA) is 125 Å². The van der Waals surface area contributed by atoms with Gasteiger partial charge in [0.1, 0.15) is 11.4 Å². The number of hydrogen-bond donors (Lipinski definition) is 3. The number of alkyl halides is 3. The summed E-state index contributed by atoms with van der Waals surface area (Å²) in [4.78, 5) is 40.1. The summed E-state index contributed by atoms with van der Waals surface area (Å²) in [6, 6.07) is 6.69. The highest BCUT2D eigenvalue weighted by Gasteiger charge is 2.36. The zero-order chi connectivity index (χ0) is 31.3. The average Bonchev–Trinajstić information content (AvgIpc) is 2.96. The number of anilines is 5. The molecule has 11 nitrogen and oxygen atoms in total. The van der Waals surface area contributed by atoms with E-state index in [0.717, 1.165) is 11.6 Å². The van der Waals surface area contributed by atoms with Crippen molar-refractivity contribution in [1.29, 1.82) is 0 Å². The van der Waals surface area contributed by atoms with E-state index in [1.807, 2.05) is 6.92 Å². The molecule has 0 saturated carbocycles. The largest absolute Gasteiger partial charge is 0.481 e. The number of benzene rings is 1. The maximum Gasteiger partial charge on any atom is 0.421 e. The molecule has 1 saturated heterocycles. The lowest BCUT2D eigenvalue weighted by Crippen LogP contribution is -2.52. The molecule has 2 amide bonds. The van der Waals surface area contributed by atoms with Gasteiger partial charge >= 0.3 is 6.18 Å². The van der Waals surface area contributed by atoms with Crippen LogP contribution in [0.2, 0.25) is 0 Å². The zero-order valence-corrected chi connectivity index (χ0v) is 24.2. The Bertz CT molecular complexity index is 1510. The zero-order valence-electron chi connectivity index (χ0n) is 24.2. The molecule has 1 aliphatic heterocycles. The number of ether oxygens (including phenoxy) is 1. The fraction of sp³-hybridized carbons (Fsp3) is 0.345. The summed E-state index contributed by atoms with van der Waals surface area (Å²) in [7, 11) is 1.45. The minimum absolute atomic E-state index is 0.0216. The van der Waals surface area contributed by atoms with Crippen molar-refractivity contribution in [2.24, 2.45) is 0 Å². The number of pyridine rings is 1. The number of carbonyl (C=O) groups is 2. The Morgan fingerprint density at radius 3 is 2.53 bits per heavy atom. The molecule has 14 heteroatoms. The third-order valence-electron chi connectivity index (χ3n) is 7.00. The summed E-state index contributed by atoms with van der Waals surface area (Å²) >= 11 is 0. The Labute approximate surface area is 247 Å². The first-order valence-corrected chi connectivity index (χ1v) is 13.4. The summed E-state index contributed by atoms with van der Waals surface area (Å²) < 4.78 is 47.1. The molecule has 1 aliphatic rings. The molecule has 2 aromatic heterocycles. The standard InChI is InChI=1S/C29H33F3N8O3/c1-6-25(42)35-24-11-20(16-39-9-10-40(19(4)41)15-18(39)3)7-8-22(24)36-27-21(29(30,31)32)14-34-28(38-27)37-23-12-26(43-5)33-13-17(23)2/h6-8,11-14,18H,1,9-10,15-16H2,2-5H3,(H,35,42)(H2,33,34,36,37,38)/t18-/m1/s1. The molecule has 0 unspecified atom stereocenters. The van der Waals surface area contributed by atoms with Crippen LogP contribution in [0.3, 0.4) is 0 Å². The SMILES string of the molecule is C=CC(=O)Nc1cc(CN2CCN(C(C)=O)C[C@H]2C)ccc1Nc1nc(Nc2cc(OC)ncc2C)ncc1C(F)(F)F. The Morgan fingerprint density at radius 2 is 1.88 bits per heavy atom. The number of nitrogens with one attached hydrogen (secondary N) is 3. The molecular formula is C29H33F3N8O3. The van der Waals surface area contributed by atoms with Gasteiger partial charge in [-0.15, -0.1) is 0 Å². The molecule has 0 aliphatic carbocycles. The number of hydrogen-bond acceptors (Lipinski definition) is 9. The number of piperazine rings is 1. The number of nitrogens with zero attached hydrogens (tertiary/aromatic N) is 5. The maximum atomic E-state index is 14.0. The molecule has 0 bridgehead atoms. The number of amides is 2. The lowest BCUT2D eigenvalue weighted by molar-refractivity contribution is -0.137. The number of aryl methyl sites for hydroxylation is 1. The average molecular weight is 599 g/mol. The predicted octanol–water partition coefficient (Wildman–Crippen LogP) is 4.87. The van der Waals surface area contributed by atoms with Gasteiger partial charge in [0.25, 0.3) is 0 Å². The first-order chi connectivity index (χ1) is 20.4. The molecular weight excluding hydrogens is 565 g/mol. The van der Waals surface area contributed by atoms with Crippen molar-refractivity contribution in [1.82, 2.24) is 24.8 Å². The lowest BCUT2D eigenvalue weighted by atomic mass is 10.1. The van der Waals surface area contributed by atoms with Crippen molar-refractivity contribution in [3.05, 3.63) is 66.0 Å². The van der Waals surface area contributed by atoms with E-state index in [0.29, 0.717) is 49.5 Å². The second-order valence-corrected chi connectivity index (χ2v) is 10.1. The van der Waals surface area contributed by atoms with Crippen LogP contribution in [0.15, 0.2) is 49.3 Å². The summed E-state index contributed by atoms with van der Waals surface area (Å²) in [5.41, 5.74) is 1.35. The smallest absolute Gasteiger partial charge is 0.421 e. The highest BCUT2D eigenvalue weighted by atomic mass is 19.4. The summed E-state index contributed by atoms with van der Waals surface area (Å²) in [5.74, 6) is -0.824. The van der Waals surface area contributed by atoms with Crippen molar-refractivity contribution in [2.75, 3.05) is 42.7 Å². The number of carbonyl (C=O) groups excluding carboxylic acids is 2. The van der Waals surface area contributed by atoms with E-state index in [4.69, 9.17) is 4.74 Å². The van der Waals surface area contributed by atoms with Gasteiger partial charge in [0.2, 0.25) is 23.6 Å². The summed E-state index contributed by atoms with van der Waals surface area (Å²) in [6.45, 7) is 11.1. The molecule has 43 heavy (non-hydrogen) atoms. The van der Waals surface area contributed by atoms with Crippen LogP contribution in [0.5, 0.6) is 5.88 Å². The first kappa shape index (κ1) is 31.2. The number of aromatic nitrogens is 3. The fourth-order valence-corrected chi connectivity index (χ4v) is 4.58. The summed E-state index contributed by atoms with van der Waals surface area (Å²) in [6.07, 6.45) is -1.47. The van der Waals surface area contributed by atoms with Crippen LogP contribution in [0.1, 0.15) is 30.5 Å². The minimum Gasteiger partial charge on any atom is -0.481 e. The Hall–Kier alpha value is -4.72. The predicted molar refractivity (Wildman–Crippen MR) is 157 cm³/mol. The summed E-state index contributed by atoms with van der Waals surface area (Å²) in [5, 5.41) is 8.33. The highest BCUT2D eigenvalue weighted by molar-refractivity contribution is 6.01. The van der Waals surface area contributed by atoms with Gasteiger partial charge in [0, 0.05) is 57.6 Å². The molecule has 0 radical (unpaired) electrons. The van der Waals surface area contributed by atoms with Crippen LogP contribution >= 0.6 is 0 Å². The molecule has 228 valence electrons. The third-order valence-corrected chi connectivity index (χ3v) is 7.00. The second kappa shape index (κ2) is 13.1. The monoisotopic (exact) mass is 598 g/mol. The lowest BCUT2D eigenvalue weighted by Gasteiger charge is -2.39. The Kier molecular flexibility index (Phi) is 9.49. The Morgan fingerprint density at radius 1 is 1.12 bits per heavy atom.